The Morgan fingerprint density at radius 1 is 1.22 bits per heavy atom. The molecule has 0 bridgehead atoms. The first-order valence-electron chi connectivity index (χ1n) is 9.71. The van der Waals surface area contributed by atoms with Crippen LogP contribution in [0.5, 0.6) is 0 Å². The number of aromatic nitrogens is 3. The molecule has 0 aromatic carbocycles. The third kappa shape index (κ3) is 4.43. The lowest BCUT2D eigenvalue weighted by Gasteiger charge is -2.36. The number of pyridine rings is 1. The number of aryl methyl sites for hydroxylation is 2. The molecule has 2 aromatic rings. The van der Waals surface area contributed by atoms with E-state index in [1.807, 2.05) is 43.1 Å². The zero-order valence-electron chi connectivity index (χ0n) is 16.4. The van der Waals surface area contributed by atoms with Gasteiger partial charge in [0.15, 0.2) is 5.78 Å². The average Bonchev–Trinajstić information content (AvgIpc) is 2.94. The van der Waals surface area contributed by atoms with E-state index in [1.165, 1.54) is 0 Å². The molecular formula is C21H28N4O2. The number of hydrogen-bond donors (Lipinski definition) is 0. The van der Waals surface area contributed by atoms with Gasteiger partial charge in [0.2, 0.25) is 5.91 Å². The zero-order chi connectivity index (χ0) is 19.4. The Morgan fingerprint density at radius 2 is 2.04 bits per heavy atom. The van der Waals surface area contributed by atoms with E-state index in [1.54, 1.807) is 11.6 Å². The molecule has 27 heavy (non-hydrogen) atoms. The van der Waals surface area contributed by atoms with Gasteiger partial charge in [0.25, 0.3) is 0 Å². The van der Waals surface area contributed by atoms with Gasteiger partial charge in [0.1, 0.15) is 6.54 Å². The summed E-state index contributed by atoms with van der Waals surface area (Å²) in [6.07, 6.45) is 6.86. The van der Waals surface area contributed by atoms with Crippen molar-refractivity contribution in [1.82, 2.24) is 19.7 Å². The van der Waals surface area contributed by atoms with Crippen molar-refractivity contribution in [2.24, 2.45) is 0 Å². The zero-order valence-corrected chi connectivity index (χ0v) is 16.4. The minimum atomic E-state index is -0.00471. The van der Waals surface area contributed by atoms with Gasteiger partial charge in [-0.05, 0) is 65.0 Å². The molecule has 0 saturated carbocycles. The van der Waals surface area contributed by atoms with E-state index in [0.29, 0.717) is 11.3 Å². The van der Waals surface area contributed by atoms with Crippen molar-refractivity contribution in [1.29, 1.82) is 0 Å². The Morgan fingerprint density at radius 3 is 2.70 bits per heavy atom. The normalized spacial score (nSPS) is 17.1. The van der Waals surface area contributed by atoms with Gasteiger partial charge in [-0.15, -0.1) is 0 Å². The van der Waals surface area contributed by atoms with Crippen LogP contribution in [0.3, 0.4) is 0 Å². The van der Waals surface area contributed by atoms with Crippen LogP contribution in [0.1, 0.15) is 60.0 Å². The lowest BCUT2D eigenvalue weighted by molar-refractivity contribution is -0.135. The fourth-order valence-corrected chi connectivity index (χ4v) is 4.07. The van der Waals surface area contributed by atoms with Crippen molar-refractivity contribution >= 4 is 11.7 Å². The van der Waals surface area contributed by atoms with Crippen molar-refractivity contribution < 1.29 is 9.59 Å². The van der Waals surface area contributed by atoms with E-state index >= 15 is 0 Å². The molecule has 3 rings (SSSR count). The van der Waals surface area contributed by atoms with Crippen molar-refractivity contribution in [3.05, 3.63) is 47.0 Å². The highest BCUT2D eigenvalue weighted by atomic mass is 16.2. The molecule has 1 aliphatic heterocycles. The number of piperidine rings is 1. The molecule has 6 nitrogen and oxygen atoms in total. The van der Waals surface area contributed by atoms with Crippen LogP contribution in [-0.2, 0) is 17.8 Å². The molecule has 0 radical (unpaired) electrons. The quantitative estimate of drug-likeness (QED) is 0.735. The number of ketones is 1. The Hall–Kier alpha value is -2.50. The van der Waals surface area contributed by atoms with Gasteiger partial charge in [-0.3, -0.25) is 19.3 Å². The number of rotatable bonds is 6. The van der Waals surface area contributed by atoms with Crippen LogP contribution in [0.4, 0.5) is 0 Å². The number of likely N-dealkylation sites (tertiary alicyclic amines) is 1. The minimum Gasteiger partial charge on any atom is -0.338 e. The summed E-state index contributed by atoms with van der Waals surface area (Å²) in [6.45, 7) is 6.21. The smallest absolute Gasteiger partial charge is 0.244 e. The molecule has 2 aromatic heterocycles. The molecule has 1 aliphatic rings. The number of carbonyl (C=O) groups is 2. The fourth-order valence-electron chi connectivity index (χ4n) is 4.07. The first-order chi connectivity index (χ1) is 13.0. The molecule has 0 aliphatic carbocycles. The third-order valence-corrected chi connectivity index (χ3v) is 5.43. The van der Waals surface area contributed by atoms with Gasteiger partial charge in [0, 0.05) is 30.2 Å². The summed E-state index contributed by atoms with van der Waals surface area (Å²) in [7, 11) is 0. The molecule has 1 unspecified atom stereocenters. The SMILES string of the molecule is CC(=O)c1c(C)nn(CC(=O)N2CCCCC2CCc2ccccn2)c1C. The van der Waals surface area contributed by atoms with Crippen molar-refractivity contribution in [3.8, 4) is 0 Å². The highest BCUT2D eigenvalue weighted by Gasteiger charge is 2.27. The fraction of sp³-hybridized carbons (Fsp3) is 0.524. The van der Waals surface area contributed by atoms with Gasteiger partial charge in [-0.2, -0.15) is 5.10 Å². The van der Waals surface area contributed by atoms with E-state index < -0.39 is 0 Å². The molecule has 1 atom stereocenters. The summed E-state index contributed by atoms with van der Waals surface area (Å²) >= 11 is 0. The van der Waals surface area contributed by atoms with E-state index in [4.69, 9.17) is 0 Å². The van der Waals surface area contributed by atoms with Crippen molar-refractivity contribution in [3.63, 3.8) is 0 Å². The standard InChI is InChI=1S/C21H28N4O2/c1-15-21(17(3)26)16(2)25(23-15)14-20(27)24-13-7-5-9-19(24)11-10-18-8-4-6-12-22-18/h4,6,8,12,19H,5,7,9-11,13-14H2,1-3H3. The van der Waals surface area contributed by atoms with E-state index in [0.717, 1.165) is 50.0 Å². The largest absolute Gasteiger partial charge is 0.338 e. The predicted molar refractivity (Wildman–Crippen MR) is 104 cm³/mol. The predicted octanol–water partition coefficient (Wildman–Crippen LogP) is 3.11. The maximum absolute atomic E-state index is 13.0. The van der Waals surface area contributed by atoms with Crippen molar-refractivity contribution in [2.45, 2.75) is 65.5 Å². The molecule has 1 saturated heterocycles. The summed E-state index contributed by atoms with van der Waals surface area (Å²) < 4.78 is 1.68. The number of amides is 1. The summed E-state index contributed by atoms with van der Waals surface area (Å²) in [6, 6.07) is 6.21. The molecule has 1 amide bonds. The first-order valence-corrected chi connectivity index (χ1v) is 9.71. The second-order valence-electron chi connectivity index (χ2n) is 7.36. The number of nitrogens with zero attached hydrogens (tertiary/aromatic N) is 4. The van der Waals surface area contributed by atoms with E-state index in [2.05, 4.69) is 10.1 Å². The number of Topliss-reactive ketones (excluding diaryl/α,β-unsaturated/α-hetero) is 1. The lowest BCUT2D eigenvalue weighted by atomic mass is 9.97. The molecule has 6 heteroatoms. The van der Waals surface area contributed by atoms with Gasteiger partial charge in [-0.25, -0.2) is 0 Å². The van der Waals surface area contributed by atoms with E-state index in [-0.39, 0.29) is 24.3 Å². The van der Waals surface area contributed by atoms with Crippen LogP contribution in [0.15, 0.2) is 24.4 Å². The molecule has 0 spiro atoms. The number of carbonyl (C=O) groups excluding carboxylic acids is 2. The highest BCUT2D eigenvalue weighted by molar-refractivity contribution is 5.96. The van der Waals surface area contributed by atoms with Crippen molar-refractivity contribution in [2.75, 3.05) is 6.54 Å². The van der Waals surface area contributed by atoms with Gasteiger partial charge < -0.3 is 4.90 Å². The maximum atomic E-state index is 13.0. The topological polar surface area (TPSA) is 68.1 Å². The number of hydrogen-bond acceptors (Lipinski definition) is 4. The molecular weight excluding hydrogens is 340 g/mol. The monoisotopic (exact) mass is 368 g/mol. The van der Waals surface area contributed by atoms with Crippen LogP contribution >= 0.6 is 0 Å². The first kappa shape index (κ1) is 19.3. The summed E-state index contributed by atoms with van der Waals surface area (Å²) in [5.41, 5.74) is 3.17. The van der Waals surface area contributed by atoms with E-state index in [9.17, 15) is 9.59 Å². The lowest BCUT2D eigenvalue weighted by Crippen LogP contribution is -2.45. The Balaban J connectivity index is 1.68. The van der Waals surface area contributed by atoms with Gasteiger partial charge in [-0.1, -0.05) is 6.07 Å². The van der Waals surface area contributed by atoms with Crippen LogP contribution in [-0.4, -0.2) is 43.9 Å². The summed E-state index contributed by atoms with van der Waals surface area (Å²) in [4.78, 5) is 31.2. The Bertz CT molecular complexity index is 813. The minimum absolute atomic E-state index is 0.00471. The summed E-state index contributed by atoms with van der Waals surface area (Å²) in [5.74, 6) is 0.0799. The van der Waals surface area contributed by atoms with Crippen LogP contribution < -0.4 is 0 Å². The molecule has 0 N–H and O–H groups in total. The van der Waals surface area contributed by atoms with Crippen LogP contribution in [0.25, 0.3) is 0 Å². The molecule has 144 valence electrons. The van der Waals surface area contributed by atoms with Gasteiger partial charge >= 0.3 is 0 Å². The Kier molecular flexibility index (Phi) is 6.04. The second kappa shape index (κ2) is 8.46. The Labute approximate surface area is 160 Å². The maximum Gasteiger partial charge on any atom is 0.244 e. The van der Waals surface area contributed by atoms with Crippen LogP contribution in [0.2, 0.25) is 0 Å². The molecule has 1 fully saturated rings. The van der Waals surface area contributed by atoms with Crippen LogP contribution in [0, 0.1) is 13.8 Å². The molecule has 3 heterocycles. The second-order valence-corrected chi connectivity index (χ2v) is 7.36. The third-order valence-electron chi connectivity index (χ3n) is 5.43. The highest BCUT2D eigenvalue weighted by Crippen LogP contribution is 2.22. The van der Waals surface area contributed by atoms with Gasteiger partial charge in [0.05, 0.1) is 11.3 Å². The average molecular weight is 368 g/mol. The summed E-state index contributed by atoms with van der Waals surface area (Å²) in [5, 5.41) is 4.42.